The van der Waals surface area contributed by atoms with Gasteiger partial charge in [0.15, 0.2) is 11.5 Å². The summed E-state index contributed by atoms with van der Waals surface area (Å²) in [6.07, 6.45) is 9.37. The molecule has 14 heteroatoms. The molecule has 1 saturated carbocycles. The number of allylic oxidation sites excluding steroid dienone is 1. The van der Waals surface area contributed by atoms with Crippen molar-refractivity contribution in [3.05, 3.63) is 120 Å². The van der Waals surface area contributed by atoms with Gasteiger partial charge in [-0.2, -0.15) is 0 Å². The molecule has 6 unspecified atom stereocenters. The number of amides is 2. The van der Waals surface area contributed by atoms with E-state index in [0.717, 1.165) is 47.9 Å². The van der Waals surface area contributed by atoms with Gasteiger partial charge < -0.3 is 48.8 Å². The van der Waals surface area contributed by atoms with Crippen LogP contribution in [0.2, 0.25) is 0 Å². The zero-order valence-corrected chi connectivity index (χ0v) is 36.7. The number of aliphatic hydroxyl groups is 2. The number of carbonyl (C=O) groups excluding carboxylic acids is 2. The van der Waals surface area contributed by atoms with Gasteiger partial charge in [0.1, 0.15) is 24.1 Å². The standard InChI is InChI=1S/C50H61N3O11/c1-4-7-26-58-49(57)53(31-35-19-21-43-44(27-35)60-33-59-43)45-30-41(52-62-32-34-15-9-8-10-16-34)39-28-36(17-11-13-23-54)38(18-12-14-24-55)46-40-29-37(63-48(56)51-6-3)20-22-42(40)64-50(45,47(39)46)61-25-5-2/h4-5,8-10,15-16,19-22,27-29,36,38,45-47,54-55H,1-2,6-7,11-14,17-18,23-26,30-33H2,3H3,(H,51,56). The number of benzene rings is 3. The second kappa shape index (κ2) is 22.2. The molecule has 1 fully saturated rings. The molecule has 64 heavy (non-hydrogen) atoms. The number of fused-ring (bicyclic) bond motifs is 3. The highest BCUT2D eigenvalue weighted by atomic mass is 16.7. The fourth-order valence-corrected chi connectivity index (χ4v) is 9.61. The lowest BCUT2D eigenvalue weighted by Gasteiger charge is -2.59. The highest BCUT2D eigenvalue weighted by Gasteiger charge is 2.65. The van der Waals surface area contributed by atoms with Crippen molar-refractivity contribution in [3.8, 4) is 23.0 Å². The molecule has 3 aromatic rings. The van der Waals surface area contributed by atoms with E-state index in [2.05, 4.69) is 24.6 Å². The Morgan fingerprint density at radius 3 is 2.48 bits per heavy atom. The number of nitrogens with zero attached hydrogens (tertiary/aromatic N) is 2. The summed E-state index contributed by atoms with van der Waals surface area (Å²) in [5.74, 6) is -0.470. The minimum absolute atomic E-state index is 0.00184. The first-order valence-electron chi connectivity index (χ1n) is 22.5. The number of ether oxygens (including phenoxy) is 6. The third kappa shape index (κ3) is 10.4. The van der Waals surface area contributed by atoms with Crippen LogP contribution in [0.25, 0.3) is 0 Å². The highest BCUT2D eigenvalue weighted by molar-refractivity contribution is 6.03. The van der Waals surface area contributed by atoms with E-state index in [1.807, 2.05) is 61.5 Å². The molecule has 2 amide bonds. The van der Waals surface area contributed by atoms with Crippen molar-refractivity contribution in [2.75, 3.05) is 39.8 Å². The number of oxime groups is 1. The highest BCUT2D eigenvalue weighted by Crippen LogP contribution is 2.62. The van der Waals surface area contributed by atoms with E-state index in [1.54, 1.807) is 29.2 Å². The molecule has 0 bridgehead atoms. The second-order valence-electron chi connectivity index (χ2n) is 16.5. The number of hydrogen-bond donors (Lipinski definition) is 3. The normalized spacial score (nSPS) is 23.1. The predicted octanol–water partition coefficient (Wildman–Crippen LogP) is 8.57. The first-order valence-corrected chi connectivity index (χ1v) is 22.5. The lowest BCUT2D eigenvalue weighted by atomic mass is 9.55. The Kier molecular flexibility index (Phi) is 16.0. The Hall–Kier alpha value is -5.83. The Morgan fingerprint density at radius 1 is 0.938 bits per heavy atom. The average Bonchev–Trinajstić information content (AvgIpc) is 3.78. The van der Waals surface area contributed by atoms with Crippen LogP contribution in [0.5, 0.6) is 23.0 Å². The number of unbranched alkanes of at least 4 members (excludes halogenated alkanes) is 2. The summed E-state index contributed by atoms with van der Waals surface area (Å²) in [6, 6.07) is 19.9. The summed E-state index contributed by atoms with van der Waals surface area (Å²) < 4.78 is 37.6. The number of hydrogen-bond acceptors (Lipinski definition) is 12. The fraction of sp³-hybridized carbons (Fsp3) is 0.460. The number of carbonyl (C=O) groups is 2. The van der Waals surface area contributed by atoms with Crippen LogP contribution in [-0.4, -0.2) is 84.6 Å². The predicted molar refractivity (Wildman–Crippen MR) is 240 cm³/mol. The van der Waals surface area contributed by atoms with Crippen molar-refractivity contribution >= 4 is 17.9 Å². The van der Waals surface area contributed by atoms with E-state index >= 15 is 0 Å². The van der Waals surface area contributed by atoms with Crippen LogP contribution < -0.4 is 24.3 Å². The molecule has 14 nitrogen and oxygen atoms in total. The largest absolute Gasteiger partial charge is 0.459 e. The van der Waals surface area contributed by atoms with Gasteiger partial charge in [0, 0.05) is 44.2 Å². The molecular weight excluding hydrogens is 819 g/mol. The zero-order chi connectivity index (χ0) is 44.9. The van der Waals surface area contributed by atoms with E-state index in [4.69, 9.17) is 38.4 Å². The minimum Gasteiger partial charge on any atom is -0.459 e. The molecule has 2 aliphatic heterocycles. The molecule has 2 heterocycles. The van der Waals surface area contributed by atoms with Crippen LogP contribution >= 0.6 is 0 Å². The van der Waals surface area contributed by atoms with Crippen molar-refractivity contribution in [3.63, 3.8) is 0 Å². The molecule has 7 rings (SSSR count). The van der Waals surface area contributed by atoms with Crippen molar-refractivity contribution in [2.45, 2.75) is 89.2 Å². The third-order valence-electron chi connectivity index (χ3n) is 12.4. The fourth-order valence-electron chi connectivity index (χ4n) is 9.61. The number of aliphatic hydroxyl groups excluding tert-OH is 2. The maximum Gasteiger partial charge on any atom is 0.412 e. The van der Waals surface area contributed by atoms with Gasteiger partial charge in [-0.05, 0) is 97.9 Å². The molecule has 2 aliphatic carbocycles. The lowest BCUT2D eigenvalue weighted by molar-refractivity contribution is -0.256. The van der Waals surface area contributed by atoms with Crippen molar-refractivity contribution in [1.82, 2.24) is 10.2 Å². The average molecular weight is 880 g/mol. The number of nitrogens with one attached hydrogen (secondary N) is 1. The lowest BCUT2D eigenvalue weighted by Crippen LogP contribution is -2.70. The number of rotatable bonds is 22. The van der Waals surface area contributed by atoms with Crippen LogP contribution in [0.1, 0.15) is 80.9 Å². The van der Waals surface area contributed by atoms with Crippen LogP contribution in [0.15, 0.2) is 109 Å². The Morgan fingerprint density at radius 2 is 1.72 bits per heavy atom. The Balaban J connectivity index is 1.45. The monoisotopic (exact) mass is 879 g/mol. The molecule has 3 N–H and O–H groups in total. The van der Waals surface area contributed by atoms with Gasteiger partial charge in [-0.15, -0.1) is 13.2 Å². The third-order valence-corrected chi connectivity index (χ3v) is 12.4. The van der Waals surface area contributed by atoms with Gasteiger partial charge in [-0.25, -0.2) is 9.59 Å². The van der Waals surface area contributed by atoms with Gasteiger partial charge >= 0.3 is 12.2 Å². The molecule has 3 aromatic carbocycles. The molecule has 0 spiro atoms. The summed E-state index contributed by atoms with van der Waals surface area (Å²) in [5.41, 5.74) is 4.02. The summed E-state index contributed by atoms with van der Waals surface area (Å²) >= 11 is 0. The Bertz CT molecular complexity index is 2140. The van der Waals surface area contributed by atoms with E-state index < -0.39 is 29.9 Å². The topological polar surface area (TPSA) is 167 Å². The molecule has 0 saturated heterocycles. The maximum atomic E-state index is 14.8. The second-order valence-corrected chi connectivity index (χ2v) is 16.5. The summed E-state index contributed by atoms with van der Waals surface area (Å²) in [7, 11) is 0. The van der Waals surface area contributed by atoms with E-state index in [1.165, 1.54) is 0 Å². The van der Waals surface area contributed by atoms with Crippen molar-refractivity contribution in [1.29, 1.82) is 0 Å². The van der Waals surface area contributed by atoms with Crippen LogP contribution in [-0.2, 0) is 27.5 Å². The van der Waals surface area contributed by atoms with Gasteiger partial charge in [0.25, 0.3) is 0 Å². The van der Waals surface area contributed by atoms with E-state index in [0.29, 0.717) is 54.5 Å². The van der Waals surface area contributed by atoms with E-state index in [9.17, 15) is 19.8 Å². The van der Waals surface area contributed by atoms with Gasteiger partial charge in [-0.3, -0.25) is 4.90 Å². The van der Waals surface area contributed by atoms with Gasteiger partial charge in [-0.1, -0.05) is 72.6 Å². The van der Waals surface area contributed by atoms with Crippen LogP contribution in [0.4, 0.5) is 9.59 Å². The summed E-state index contributed by atoms with van der Waals surface area (Å²) in [4.78, 5) is 35.5. The molecular formula is C50H61N3O11. The smallest absolute Gasteiger partial charge is 0.412 e. The molecule has 342 valence electrons. The molecule has 0 radical (unpaired) electrons. The molecule has 0 aromatic heterocycles. The first kappa shape index (κ1) is 46.2. The van der Waals surface area contributed by atoms with Gasteiger partial charge in [0.2, 0.25) is 12.6 Å². The zero-order valence-electron chi connectivity index (χ0n) is 36.7. The quantitative estimate of drug-likeness (QED) is 0.0503. The summed E-state index contributed by atoms with van der Waals surface area (Å²) in [5, 5.41) is 27.6. The molecule has 6 atom stereocenters. The summed E-state index contributed by atoms with van der Waals surface area (Å²) in [6.45, 7) is 10.8. The SMILES string of the molecule is C=CCCOC(=O)N(Cc1ccc2c(c1)OCO2)C1CC(=NOCc2ccccc2)C2=CC(CCCCO)C(CCCCO)C3c4cc(OC(=O)NCC)ccc4OC1(OCC=C)C23. The maximum absolute atomic E-state index is 14.8. The minimum atomic E-state index is -1.54. The van der Waals surface area contributed by atoms with Crippen molar-refractivity contribution in [2.24, 2.45) is 22.9 Å². The van der Waals surface area contributed by atoms with Crippen molar-refractivity contribution < 1.29 is 53.1 Å². The van der Waals surface area contributed by atoms with E-state index in [-0.39, 0.29) is 70.5 Å². The van der Waals surface area contributed by atoms with Gasteiger partial charge in [0.05, 0.1) is 24.8 Å². The van der Waals surface area contributed by atoms with Crippen LogP contribution in [0.3, 0.4) is 0 Å². The molecule has 4 aliphatic rings. The Labute approximate surface area is 375 Å². The van der Waals surface area contributed by atoms with Crippen LogP contribution in [0, 0.1) is 17.8 Å². The first-order chi connectivity index (χ1) is 31.3.